The molecule has 0 radical (unpaired) electrons. The van der Waals surface area contributed by atoms with Crippen molar-refractivity contribution in [2.45, 2.75) is 6.92 Å². The van der Waals surface area contributed by atoms with E-state index in [1.807, 2.05) is 24.0 Å². The first kappa shape index (κ1) is 20.7. The number of ether oxygens (including phenoxy) is 1. The van der Waals surface area contributed by atoms with Gasteiger partial charge in [0.1, 0.15) is 0 Å². The highest BCUT2D eigenvalue weighted by atomic mass is 32.2. The molecule has 8 heteroatoms. The van der Waals surface area contributed by atoms with E-state index in [0.717, 1.165) is 70.0 Å². The molecule has 33 heavy (non-hydrogen) atoms. The standard InChI is InChI=1S/C25H23N5OS2/c1-17-15-32-16-30(17)20-6-2-4-18(12-20)24-27-21-13-22(19-5-3-7-26-14-19)33-23(21)25(28-24)29-8-10-31-11-9-29/h2-7,12-15H,8-11,16H2,1H3. The van der Waals surface area contributed by atoms with Crippen molar-refractivity contribution in [1.82, 2.24) is 15.0 Å². The Bertz CT molecular complexity index is 1330. The molecule has 6 rings (SSSR count). The molecular weight excluding hydrogens is 450 g/mol. The zero-order valence-electron chi connectivity index (χ0n) is 18.3. The summed E-state index contributed by atoms with van der Waals surface area (Å²) in [6.45, 7) is 5.25. The highest BCUT2D eigenvalue weighted by Crippen LogP contribution is 2.39. The number of allylic oxidation sites excluding steroid dienone is 1. The van der Waals surface area contributed by atoms with E-state index in [1.165, 1.54) is 11.4 Å². The number of nitrogens with zero attached hydrogens (tertiary/aromatic N) is 5. The van der Waals surface area contributed by atoms with E-state index in [4.69, 9.17) is 14.7 Å². The summed E-state index contributed by atoms with van der Waals surface area (Å²) in [4.78, 5) is 20.2. The molecule has 166 valence electrons. The van der Waals surface area contributed by atoms with E-state index in [9.17, 15) is 0 Å². The molecule has 0 aliphatic carbocycles. The van der Waals surface area contributed by atoms with Gasteiger partial charge in [0.25, 0.3) is 0 Å². The van der Waals surface area contributed by atoms with Gasteiger partial charge in [-0.2, -0.15) is 0 Å². The molecule has 0 spiro atoms. The minimum atomic E-state index is 0.718. The van der Waals surface area contributed by atoms with Crippen LogP contribution in [-0.2, 0) is 4.74 Å². The van der Waals surface area contributed by atoms with Crippen molar-refractivity contribution in [3.63, 3.8) is 0 Å². The summed E-state index contributed by atoms with van der Waals surface area (Å²) in [6.07, 6.45) is 3.71. The summed E-state index contributed by atoms with van der Waals surface area (Å²) < 4.78 is 6.72. The molecule has 0 saturated carbocycles. The van der Waals surface area contributed by atoms with Crippen LogP contribution in [0.15, 0.2) is 66.0 Å². The van der Waals surface area contributed by atoms with E-state index in [-0.39, 0.29) is 0 Å². The highest BCUT2D eigenvalue weighted by molar-refractivity contribution is 8.02. The molecule has 4 aromatic rings. The predicted molar refractivity (Wildman–Crippen MR) is 138 cm³/mol. The van der Waals surface area contributed by atoms with Crippen molar-refractivity contribution < 1.29 is 4.74 Å². The molecule has 0 unspecified atom stereocenters. The van der Waals surface area contributed by atoms with Crippen molar-refractivity contribution in [2.24, 2.45) is 0 Å². The highest BCUT2D eigenvalue weighted by Gasteiger charge is 2.21. The number of morpholine rings is 1. The van der Waals surface area contributed by atoms with Gasteiger partial charge in [-0.3, -0.25) is 4.98 Å². The van der Waals surface area contributed by atoms with Crippen LogP contribution >= 0.6 is 23.1 Å². The Morgan fingerprint density at radius 3 is 2.67 bits per heavy atom. The van der Waals surface area contributed by atoms with Crippen LogP contribution in [0, 0.1) is 0 Å². The molecule has 0 bridgehead atoms. The lowest BCUT2D eigenvalue weighted by molar-refractivity contribution is 0.122. The number of pyridine rings is 1. The van der Waals surface area contributed by atoms with Gasteiger partial charge in [-0.05, 0) is 36.6 Å². The van der Waals surface area contributed by atoms with Crippen LogP contribution in [0.4, 0.5) is 11.5 Å². The van der Waals surface area contributed by atoms with E-state index in [1.54, 1.807) is 17.5 Å². The average Bonchev–Trinajstić information content (AvgIpc) is 3.51. The van der Waals surface area contributed by atoms with Gasteiger partial charge in [-0.1, -0.05) is 18.2 Å². The van der Waals surface area contributed by atoms with Gasteiger partial charge >= 0.3 is 0 Å². The third-order valence-electron chi connectivity index (χ3n) is 5.91. The Kier molecular flexibility index (Phi) is 5.49. The summed E-state index contributed by atoms with van der Waals surface area (Å²) >= 11 is 3.55. The van der Waals surface area contributed by atoms with Gasteiger partial charge in [-0.15, -0.1) is 23.1 Å². The van der Waals surface area contributed by atoms with Crippen molar-refractivity contribution >= 4 is 44.8 Å². The number of hydrogen-bond donors (Lipinski definition) is 0. The van der Waals surface area contributed by atoms with Gasteiger partial charge in [0, 0.05) is 52.9 Å². The van der Waals surface area contributed by atoms with Crippen LogP contribution in [0.1, 0.15) is 6.92 Å². The minimum absolute atomic E-state index is 0.718. The number of anilines is 2. The molecular formula is C25H23N5OS2. The van der Waals surface area contributed by atoms with E-state index in [0.29, 0.717) is 0 Å². The second-order valence-corrected chi connectivity index (χ2v) is 9.95. The number of thioether (sulfide) groups is 1. The summed E-state index contributed by atoms with van der Waals surface area (Å²) in [5.41, 5.74) is 5.54. The molecule has 1 saturated heterocycles. The second kappa shape index (κ2) is 8.78. The first-order chi connectivity index (χ1) is 16.3. The molecule has 0 N–H and O–H groups in total. The number of benzene rings is 1. The fourth-order valence-electron chi connectivity index (χ4n) is 4.17. The Hall–Kier alpha value is -2.94. The van der Waals surface area contributed by atoms with Gasteiger partial charge < -0.3 is 14.5 Å². The fourth-order valence-corrected chi connectivity index (χ4v) is 6.22. The van der Waals surface area contributed by atoms with Crippen LogP contribution in [0.25, 0.3) is 32.0 Å². The molecule has 0 atom stereocenters. The Balaban J connectivity index is 1.48. The summed E-state index contributed by atoms with van der Waals surface area (Å²) in [5.74, 6) is 2.69. The largest absolute Gasteiger partial charge is 0.378 e. The van der Waals surface area contributed by atoms with E-state index < -0.39 is 0 Å². The topological polar surface area (TPSA) is 54.4 Å². The van der Waals surface area contributed by atoms with Gasteiger partial charge in [0.2, 0.25) is 0 Å². The first-order valence-corrected chi connectivity index (χ1v) is 12.8. The monoisotopic (exact) mass is 473 g/mol. The summed E-state index contributed by atoms with van der Waals surface area (Å²) in [7, 11) is 0. The fraction of sp³-hybridized carbons (Fsp3) is 0.240. The van der Waals surface area contributed by atoms with Crippen LogP contribution in [0.5, 0.6) is 0 Å². The van der Waals surface area contributed by atoms with Gasteiger partial charge in [0.05, 0.1) is 29.3 Å². The number of thiophene rings is 1. The minimum Gasteiger partial charge on any atom is -0.378 e. The molecule has 3 aromatic heterocycles. The van der Waals surface area contributed by atoms with E-state index in [2.05, 4.69) is 63.5 Å². The molecule has 1 aromatic carbocycles. The second-order valence-electron chi connectivity index (χ2n) is 8.07. The number of fused-ring (bicyclic) bond motifs is 1. The van der Waals surface area contributed by atoms with E-state index >= 15 is 0 Å². The zero-order chi connectivity index (χ0) is 22.2. The molecule has 1 fully saturated rings. The van der Waals surface area contributed by atoms with Crippen molar-refractivity contribution in [3.8, 4) is 21.8 Å². The predicted octanol–water partition coefficient (Wildman–Crippen LogP) is 5.63. The Morgan fingerprint density at radius 1 is 1.00 bits per heavy atom. The maximum Gasteiger partial charge on any atom is 0.162 e. The Labute approximate surface area is 201 Å². The van der Waals surface area contributed by atoms with Crippen LogP contribution in [-0.4, -0.2) is 47.1 Å². The number of hydrogen-bond acceptors (Lipinski definition) is 8. The maximum absolute atomic E-state index is 5.60. The Morgan fingerprint density at radius 2 is 1.88 bits per heavy atom. The van der Waals surface area contributed by atoms with Crippen molar-refractivity contribution in [1.29, 1.82) is 0 Å². The smallest absolute Gasteiger partial charge is 0.162 e. The van der Waals surface area contributed by atoms with Crippen LogP contribution in [0.3, 0.4) is 0 Å². The molecule has 2 aliphatic heterocycles. The quantitative estimate of drug-likeness (QED) is 0.381. The lowest BCUT2D eigenvalue weighted by Crippen LogP contribution is -2.36. The normalized spacial score (nSPS) is 16.5. The van der Waals surface area contributed by atoms with Crippen LogP contribution in [0.2, 0.25) is 0 Å². The van der Waals surface area contributed by atoms with Crippen molar-refractivity contribution in [3.05, 3.63) is 66.0 Å². The average molecular weight is 474 g/mol. The molecule has 5 heterocycles. The molecule has 6 nitrogen and oxygen atoms in total. The number of aromatic nitrogens is 3. The molecule has 0 amide bonds. The van der Waals surface area contributed by atoms with Gasteiger partial charge in [-0.25, -0.2) is 9.97 Å². The maximum atomic E-state index is 5.60. The molecule has 2 aliphatic rings. The lowest BCUT2D eigenvalue weighted by Gasteiger charge is -2.28. The first-order valence-electron chi connectivity index (χ1n) is 11.0. The van der Waals surface area contributed by atoms with Crippen LogP contribution < -0.4 is 9.80 Å². The third kappa shape index (κ3) is 3.99. The third-order valence-corrected chi connectivity index (χ3v) is 7.99. The number of rotatable bonds is 4. The summed E-state index contributed by atoms with van der Waals surface area (Å²) in [6, 6.07) is 14.8. The zero-order valence-corrected chi connectivity index (χ0v) is 19.9. The van der Waals surface area contributed by atoms with Gasteiger partial charge in [0.15, 0.2) is 11.6 Å². The van der Waals surface area contributed by atoms with Crippen molar-refractivity contribution in [2.75, 3.05) is 42.0 Å². The SMILES string of the molecule is CC1=CSCN1c1cccc(-c2nc(N3CCOCC3)c3sc(-c4cccnc4)cc3n2)c1. The summed E-state index contributed by atoms with van der Waals surface area (Å²) in [5, 5.41) is 2.21. The lowest BCUT2D eigenvalue weighted by atomic mass is 10.1.